The molecule has 3 aliphatic rings. The average Bonchev–Trinajstić information content (AvgIpc) is 2.91. The molecule has 0 aromatic rings. The van der Waals surface area contributed by atoms with E-state index in [9.17, 15) is 51.1 Å². The van der Waals surface area contributed by atoms with Crippen LogP contribution in [-0.4, -0.2) is 176 Å². The van der Waals surface area contributed by atoms with Crippen LogP contribution in [0.4, 0.5) is 0 Å². The Bertz CT molecular complexity index is 702. The van der Waals surface area contributed by atoms with E-state index in [4.69, 9.17) is 34.2 Å². The van der Waals surface area contributed by atoms with Gasteiger partial charge in [-0.1, -0.05) is 0 Å². The van der Waals surface area contributed by atoms with Gasteiger partial charge in [0.15, 0.2) is 18.9 Å². The molecular weight excluding hydrogens is 522 g/mol. The molecule has 12 N–H and O–H groups in total. The van der Waals surface area contributed by atoms with Gasteiger partial charge in [0.25, 0.3) is 0 Å². The zero-order valence-corrected chi connectivity index (χ0v) is 20.4. The molecule has 0 aromatic heterocycles. The second kappa shape index (κ2) is 14.3. The quantitative estimate of drug-likeness (QED) is 0.104. The standard InChI is InChI=1S/C21H39NO16/c22-2-1-3-33-19-15(31)12(28)17(8(5-24)35-19)38-21-16(32)13(29)18(9(6-25)36-21)37-20-14(30)11(27)10(26)7(4-23)34-20/h7-21,23-32H,1-6,22H2. The summed E-state index contributed by atoms with van der Waals surface area (Å²) < 4.78 is 32.6. The van der Waals surface area contributed by atoms with E-state index >= 15 is 0 Å². The Morgan fingerprint density at radius 3 is 1.42 bits per heavy atom. The Balaban J connectivity index is 1.68. The molecule has 0 saturated carbocycles. The number of ether oxygens (including phenoxy) is 6. The third kappa shape index (κ3) is 6.78. The summed E-state index contributed by atoms with van der Waals surface area (Å²) in [6, 6.07) is 0. The molecule has 15 atom stereocenters. The number of aliphatic hydroxyl groups is 10. The van der Waals surface area contributed by atoms with Gasteiger partial charge in [0.2, 0.25) is 0 Å². The van der Waals surface area contributed by atoms with E-state index < -0.39 is 112 Å². The first-order chi connectivity index (χ1) is 18.1. The summed E-state index contributed by atoms with van der Waals surface area (Å²) in [6.07, 6.45) is -23.6. The summed E-state index contributed by atoms with van der Waals surface area (Å²) >= 11 is 0. The molecule has 0 amide bonds. The summed E-state index contributed by atoms with van der Waals surface area (Å²) in [6.45, 7) is -1.81. The van der Waals surface area contributed by atoms with Gasteiger partial charge in [0, 0.05) is 0 Å². The molecular formula is C21H39NO16. The lowest BCUT2D eigenvalue weighted by Crippen LogP contribution is -2.66. The molecule has 0 radical (unpaired) electrons. The SMILES string of the molecule is NCCCOC1OC(CO)C(OC2OC(CO)C(OC3OC(CO)C(O)C(O)C3O)C(O)C2O)C(O)C1O. The van der Waals surface area contributed by atoms with Crippen molar-refractivity contribution in [1.82, 2.24) is 0 Å². The molecule has 17 nitrogen and oxygen atoms in total. The topological polar surface area (TPSA) is 284 Å². The fourth-order valence-corrected chi connectivity index (χ4v) is 4.46. The molecule has 38 heavy (non-hydrogen) atoms. The molecule has 3 aliphatic heterocycles. The van der Waals surface area contributed by atoms with E-state index in [2.05, 4.69) is 0 Å². The van der Waals surface area contributed by atoms with Crippen molar-refractivity contribution in [3.8, 4) is 0 Å². The van der Waals surface area contributed by atoms with Crippen LogP contribution in [0.15, 0.2) is 0 Å². The monoisotopic (exact) mass is 561 g/mol. The van der Waals surface area contributed by atoms with Crippen molar-refractivity contribution in [2.75, 3.05) is 33.0 Å². The van der Waals surface area contributed by atoms with Crippen LogP contribution in [-0.2, 0) is 28.4 Å². The second-order valence-electron chi connectivity index (χ2n) is 9.33. The minimum absolute atomic E-state index is 0.110. The van der Waals surface area contributed by atoms with Crippen molar-refractivity contribution in [3.63, 3.8) is 0 Å². The largest absolute Gasteiger partial charge is 0.394 e. The van der Waals surface area contributed by atoms with Crippen LogP contribution in [0.25, 0.3) is 0 Å². The highest BCUT2D eigenvalue weighted by Crippen LogP contribution is 2.32. The van der Waals surface area contributed by atoms with Crippen LogP contribution in [0.5, 0.6) is 0 Å². The Labute approximate surface area is 217 Å². The number of nitrogens with two attached hydrogens (primary N) is 1. The molecule has 3 heterocycles. The number of hydrogen-bond donors (Lipinski definition) is 11. The predicted molar refractivity (Wildman–Crippen MR) is 119 cm³/mol. The van der Waals surface area contributed by atoms with Crippen LogP contribution < -0.4 is 5.73 Å². The molecule has 3 fully saturated rings. The Hall–Kier alpha value is -0.680. The fraction of sp³-hybridized carbons (Fsp3) is 1.00. The lowest BCUT2D eigenvalue weighted by molar-refractivity contribution is -0.379. The van der Waals surface area contributed by atoms with Gasteiger partial charge in [-0.3, -0.25) is 0 Å². The zero-order chi connectivity index (χ0) is 28.1. The van der Waals surface area contributed by atoms with E-state index in [1.807, 2.05) is 0 Å². The number of aliphatic hydroxyl groups excluding tert-OH is 10. The maximum Gasteiger partial charge on any atom is 0.187 e. The van der Waals surface area contributed by atoms with Crippen molar-refractivity contribution in [1.29, 1.82) is 0 Å². The zero-order valence-electron chi connectivity index (χ0n) is 20.4. The molecule has 0 aromatic carbocycles. The van der Waals surface area contributed by atoms with E-state index in [-0.39, 0.29) is 6.61 Å². The highest BCUT2D eigenvalue weighted by atomic mass is 16.8. The number of hydrogen-bond acceptors (Lipinski definition) is 17. The molecule has 15 unspecified atom stereocenters. The van der Waals surface area contributed by atoms with Gasteiger partial charge in [-0.05, 0) is 13.0 Å². The van der Waals surface area contributed by atoms with Crippen molar-refractivity contribution in [2.24, 2.45) is 5.73 Å². The minimum atomic E-state index is -1.89. The number of rotatable bonds is 11. The van der Waals surface area contributed by atoms with E-state index in [1.165, 1.54) is 0 Å². The molecule has 224 valence electrons. The normalized spacial score (nSPS) is 48.2. The third-order valence-electron chi connectivity index (χ3n) is 6.70. The lowest BCUT2D eigenvalue weighted by Gasteiger charge is -2.48. The van der Waals surface area contributed by atoms with E-state index in [0.717, 1.165) is 0 Å². The van der Waals surface area contributed by atoms with Gasteiger partial charge in [-0.2, -0.15) is 0 Å². The first-order valence-electron chi connectivity index (χ1n) is 12.3. The van der Waals surface area contributed by atoms with Crippen LogP contribution in [0, 0.1) is 0 Å². The first-order valence-corrected chi connectivity index (χ1v) is 12.3. The van der Waals surface area contributed by atoms with Gasteiger partial charge in [0.05, 0.1) is 26.4 Å². The smallest absolute Gasteiger partial charge is 0.187 e. The van der Waals surface area contributed by atoms with E-state index in [0.29, 0.717) is 13.0 Å². The Morgan fingerprint density at radius 1 is 0.526 bits per heavy atom. The Kier molecular flexibility index (Phi) is 12.0. The highest BCUT2D eigenvalue weighted by molar-refractivity contribution is 4.96. The van der Waals surface area contributed by atoms with Crippen molar-refractivity contribution in [2.45, 2.75) is 98.5 Å². The van der Waals surface area contributed by atoms with Crippen molar-refractivity contribution < 1.29 is 79.5 Å². The van der Waals surface area contributed by atoms with Crippen LogP contribution in [0.3, 0.4) is 0 Å². The maximum atomic E-state index is 10.7. The molecule has 3 saturated heterocycles. The molecule has 0 spiro atoms. The molecule has 3 rings (SSSR count). The van der Waals surface area contributed by atoms with E-state index in [1.54, 1.807) is 0 Å². The summed E-state index contributed by atoms with van der Waals surface area (Å²) in [5.41, 5.74) is 5.40. The molecule has 0 aliphatic carbocycles. The summed E-state index contributed by atoms with van der Waals surface area (Å²) in [5.74, 6) is 0. The van der Waals surface area contributed by atoms with Gasteiger partial charge < -0.3 is 85.2 Å². The predicted octanol–water partition coefficient (Wildman–Crippen LogP) is -7.20. The van der Waals surface area contributed by atoms with Crippen LogP contribution in [0.1, 0.15) is 6.42 Å². The lowest BCUT2D eigenvalue weighted by atomic mass is 9.96. The van der Waals surface area contributed by atoms with Gasteiger partial charge in [0.1, 0.15) is 73.2 Å². The second-order valence-corrected chi connectivity index (χ2v) is 9.33. The van der Waals surface area contributed by atoms with Gasteiger partial charge in [-0.15, -0.1) is 0 Å². The summed E-state index contributed by atoms with van der Waals surface area (Å²) in [4.78, 5) is 0. The van der Waals surface area contributed by atoms with Gasteiger partial charge >= 0.3 is 0 Å². The average molecular weight is 562 g/mol. The van der Waals surface area contributed by atoms with Gasteiger partial charge in [-0.25, -0.2) is 0 Å². The van der Waals surface area contributed by atoms with Crippen molar-refractivity contribution in [3.05, 3.63) is 0 Å². The highest BCUT2D eigenvalue weighted by Gasteiger charge is 2.53. The molecule has 17 heteroatoms. The maximum absolute atomic E-state index is 10.7. The first kappa shape index (κ1) is 31.8. The summed E-state index contributed by atoms with van der Waals surface area (Å²) in [5, 5.41) is 101. The van der Waals surface area contributed by atoms with Crippen molar-refractivity contribution >= 4 is 0 Å². The third-order valence-corrected chi connectivity index (χ3v) is 6.70. The van der Waals surface area contributed by atoms with Crippen LogP contribution >= 0.6 is 0 Å². The Morgan fingerprint density at radius 2 is 0.947 bits per heavy atom. The summed E-state index contributed by atoms with van der Waals surface area (Å²) in [7, 11) is 0. The minimum Gasteiger partial charge on any atom is -0.394 e. The molecule has 0 bridgehead atoms. The fourth-order valence-electron chi connectivity index (χ4n) is 4.46. The van der Waals surface area contributed by atoms with Crippen LogP contribution in [0.2, 0.25) is 0 Å².